The van der Waals surface area contributed by atoms with Crippen LogP contribution in [0, 0.1) is 11.8 Å². The third kappa shape index (κ3) is 3.84. The van der Waals surface area contributed by atoms with Crippen molar-refractivity contribution in [3.8, 4) is 0 Å². The van der Waals surface area contributed by atoms with E-state index in [1.54, 1.807) is 0 Å². The van der Waals surface area contributed by atoms with Crippen molar-refractivity contribution < 1.29 is 4.79 Å². The Labute approximate surface area is 138 Å². The standard InChI is InChI=1S/C19H26ClNO/c20-17-12-6-11-16(13-17)18(14-7-4-5-8-14)21-19(22)15-9-2-1-3-10-15/h6,11-15,18H,1-5,7-10H2,(H,21,22). The van der Waals surface area contributed by atoms with Crippen LogP contribution in [-0.2, 0) is 4.79 Å². The molecule has 2 aliphatic carbocycles. The molecule has 3 rings (SSSR count). The predicted octanol–water partition coefficient (Wildman–Crippen LogP) is 5.27. The fourth-order valence-electron chi connectivity index (χ4n) is 4.10. The number of nitrogens with one attached hydrogen (secondary N) is 1. The maximum atomic E-state index is 12.7. The number of carbonyl (C=O) groups is 1. The van der Waals surface area contributed by atoms with Gasteiger partial charge in [-0.05, 0) is 49.3 Å². The second kappa shape index (κ2) is 7.50. The first-order valence-corrected chi connectivity index (χ1v) is 9.17. The molecule has 1 N–H and O–H groups in total. The summed E-state index contributed by atoms with van der Waals surface area (Å²) < 4.78 is 0. The molecule has 3 heteroatoms. The maximum absolute atomic E-state index is 12.7. The molecule has 1 atom stereocenters. The van der Waals surface area contributed by atoms with Crippen molar-refractivity contribution in [2.45, 2.75) is 63.8 Å². The normalized spacial score (nSPS) is 21.7. The van der Waals surface area contributed by atoms with Gasteiger partial charge < -0.3 is 5.32 Å². The fourth-order valence-corrected chi connectivity index (χ4v) is 4.30. The summed E-state index contributed by atoms with van der Waals surface area (Å²) in [5.41, 5.74) is 1.17. The van der Waals surface area contributed by atoms with Crippen molar-refractivity contribution in [2.75, 3.05) is 0 Å². The van der Waals surface area contributed by atoms with Crippen LogP contribution in [0.5, 0.6) is 0 Å². The minimum atomic E-state index is 0.135. The van der Waals surface area contributed by atoms with Gasteiger partial charge in [-0.1, -0.05) is 55.8 Å². The average Bonchev–Trinajstić information content (AvgIpc) is 3.07. The SMILES string of the molecule is O=C(NC(c1cccc(Cl)c1)C1CCCC1)C1CCCCC1. The van der Waals surface area contributed by atoms with Gasteiger partial charge >= 0.3 is 0 Å². The first kappa shape index (κ1) is 15.9. The molecule has 0 heterocycles. The molecule has 1 unspecified atom stereocenters. The van der Waals surface area contributed by atoms with E-state index in [0.717, 1.165) is 17.9 Å². The Morgan fingerprint density at radius 2 is 1.73 bits per heavy atom. The summed E-state index contributed by atoms with van der Waals surface area (Å²) in [5.74, 6) is 1.04. The molecule has 0 spiro atoms. The maximum Gasteiger partial charge on any atom is 0.223 e. The average molecular weight is 320 g/mol. The van der Waals surface area contributed by atoms with Crippen LogP contribution >= 0.6 is 11.6 Å². The predicted molar refractivity (Wildman–Crippen MR) is 90.9 cm³/mol. The zero-order valence-corrected chi connectivity index (χ0v) is 13.9. The van der Waals surface area contributed by atoms with Gasteiger partial charge in [-0.3, -0.25) is 4.79 Å². The van der Waals surface area contributed by atoms with E-state index in [2.05, 4.69) is 11.4 Å². The molecular weight excluding hydrogens is 294 g/mol. The van der Waals surface area contributed by atoms with Gasteiger partial charge in [0.25, 0.3) is 0 Å². The van der Waals surface area contributed by atoms with Crippen molar-refractivity contribution in [2.24, 2.45) is 11.8 Å². The van der Waals surface area contributed by atoms with Gasteiger partial charge in [-0.25, -0.2) is 0 Å². The molecule has 22 heavy (non-hydrogen) atoms. The van der Waals surface area contributed by atoms with Gasteiger partial charge in [-0.15, -0.1) is 0 Å². The second-order valence-electron chi connectivity index (χ2n) is 6.92. The van der Waals surface area contributed by atoms with E-state index in [9.17, 15) is 4.79 Å². The summed E-state index contributed by atoms with van der Waals surface area (Å²) in [6.07, 6.45) is 10.8. The Balaban J connectivity index is 1.74. The highest BCUT2D eigenvalue weighted by atomic mass is 35.5. The second-order valence-corrected chi connectivity index (χ2v) is 7.36. The molecule has 2 aliphatic rings. The highest BCUT2D eigenvalue weighted by Crippen LogP contribution is 2.37. The highest BCUT2D eigenvalue weighted by molar-refractivity contribution is 6.30. The van der Waals surface area contributed by atoms with Crippen LogP contribution < -0.4 is 5.32 Å². The zero-order chi connectivity index (χ0) is 15.4. The lowest BCUT2D eigenvalue weighted by Gasteiger charge is -2.29. The first-order valence-electron chi connectivity index (χ1n) is 8.80. The smallest absolute Gasteiger partial charge is 0.223 e. The lowest BCUT2D eigenvalue weighted by atomic mass is 9.86. The molecular formula is C19H26ClNO. The zero-order valence-electron chi connectivity index (χ0n) is 13.2. The molecule has 2 fully saturated rings. The van der Waals surface area contributed by atoms with Gasteiger partial charge in [0.15, 0.2) is 0 Å². The molecule has 0 aromatic heterocycles. The van der Waals surface area contributed by atoms with Crippen LogP contribution in [0.25, 0.3) is 0 Å². The van der Waals surface area contributed by atoms with Crippen molar-refractivity contribution in [1.29, 1.82) is 0 Å². The number of halogens is 1. The third-order valence-electron chi connectivity index (χ3n) is 5.35. The summed E-state index contributed by atoms with van der Waals surface area (Å²) in [5, 5.41) is 4.13. The Kier molecular flexibility index (Phi) is 5.41. The molecule has 1 aromatic carbocycles. The largest absolute Gasteiger partial charge is 0.349 e. The lowest BCUT2D eigenvalue weighted by molar-refractivity contribution is -0.127. The minimum absolute atomic E-state index is 0.135. The number of rotatable bonds is 4. The van der Waals surface area contributed by atoms with Crippen LogP contribution in [0.2, 0.25) is 5.02 Å². The molecule has 1 aromatic rings. The van der Waals surface area contributed by atoms with Crippen molar-refractivity contribution in [3.05, 3.63) is 34.9 Å². The highest BCUT2D eigenvalue weighted by Gasteiger charge is 2.30. The number of amides is 1. The molecule has 120 valence electrons. The number of hydrogen-bond acceptors (Lipinski definition) is 1. The van der Waals surface area contributed by atoms with E-state index in [0.29, 0.717) is 5.92 Å². The summed E-state index contributed by atoms with van der Waals surface area (Å²) in [7, 11) is 0. The molecule has 2 nitrogen and oxygen atoms in total. The monoisotopic (exact) mass is 319 g/mol. The van der Waals surface area contributed by atoms with E-state index in [1.807, 2.05) is 18.2 Å². The molecule has 2 saturated carbocycles. The molecule has 0 bridgehead atoms. The summed E-state index contributed by atoms with van der Waals surface area (Å²) in [6, 6.07) is 8.16. The summed E-state index contributed by atoms with van der Waals surface area (Å²) in [6.45, 7) is 0. The number of hydrogen-bond donors (Lipinski definition) is 1. The van der Waals surface area contributed by atoms with Crippen molar-refractivity contribution >= 4 is 17.5 Å². The van der Waals surface area contributed by atoms with Gasteiger partial charge in [0.1, 0.15) is 0 Å². The van der Waals surface area contributed by atoms with Gasteiger partial charge in [-0.2, -0.15) is 0 Å². The van der Waals surface area contributed by atoms with Gasteiger partial charge in [0.05, 0.1) is 6.04 Å². The van der Waals surface area contributed by atoms with Gasteiger partial charge in [0, 0.05) is 10.9 Å². The fraction of sp³-hybridized carbons (Fsp3) is 0.632. The first-order chi connectivity index (χ1) is 10.7. The Bertz CT molecular complexity index is 504. The molecule has 0 saturated heterocycles. The lowest BCUT2D eigenvalue weighted by Crippen LogP contribution is -2.37. The van der Waals surface area contributed by atoms with Gasteiger partial charge in [0.2, 0.25) is 5.91 Å². The number of benzene rings is 1. The molecule has 0 radical (unpaired) electrons. The Morgan fingerprint density at radius 1 is 1.05 bits per heavy atom. The van der Waals surface area contributed by atoms with E-state index >= 15 is 0 Å². The van der Waals surface area contributed by atoms with Crippen LogP contribution in [0.3, 0.4) is 0 Å². The minimum Gasteiger partial charge on any atom is -0.349 e. The topological polar surface area (TPSA) is 29.1 Å². The Hall–Kier alpha value is -1.02. The quantitative estimate of drug-likeness (QED) is 0.805. The van der Waals surface area contributed by atoms with Crippen LogP contribution in [0.1, 0.15) is 69.4 Å². The Morgan fingerprint density at radius 3 is 2.41 bits per heavy atom. The van der Waals surface area contributed by atoms with E-state index < -0.39 is 0 Å². The molecule has 1 amide bonds. The van der Waals surface area contributed by atoms with Crippen molar-refractivity contribution in [1.82, 2.24) is 5.32 Å². The van der Waals surface area contributed by atoms with E-state index in [1.165, 1.54) is 50.5 Å². The van der Waals surface area contributed by atoms with E-state index in [4.69, 9.17) is 11.6 Å². The van der Waals surface area contributed by atoms with Crippen molar-refractivity contribution in [3.63, 3.8) is 0 Å². The van der Waals surface area contributed by atoms with Crippen LogP contribution in [0.15, 0.2) is 24.3 Å². The third-order valence-corrected chi connectivity index (χ3v) is 5.59. The van der Waals surface area contributed by atoms with E-state index in [-0.39, 0.29) is 17.9 Å². The number of carbonyl (C=O) groups excluding carboxylic acids is 1. The molecule has 0 aliphatic heterocycles. The summed E-state index contributed by atoms with van der Waals surface area (Å²) >= 11 is 6.17. The summed E-state index contributed by atoms with van der Waals surface area (Å²) in [4.78, 5) is 12.7. The van der Waals surface area contributed by atoms with Crippen LogP contribution in [-0.4, -0.2) is 5.91 Å². The van der Waals surface area contributed by atoms with Crippen LogP contribution in [0.4, 0.5) is 0 Å².